The predicted octanol–water partition coefficient (Wildman–Crippen LogP) is 1.06. The molecule has 7 heteroatoms. The molecule has 120 valence electrons. The number of rotatable bonds is 3. The van der Waals surface area contributed by atoms with Crippen molar-refractivity contribution in [3.63, 3.8) is 0 Å². The molecule has 0 atom stereocenters. The van der Waals surface area contributed by atoms with E-state index >= 15 is 0 Å². The monoisotopic (exact) mass is 312 g/mol. The van der Waals surface area contributed by atoms with E-state index in [4.69, 9.17) is 5.73 Å². The third-order valence-corrected chi connectivity index (χ3v) is 3.88. The molecule has 1 aliphatic heterocycles. The summed E-state index contributed by atoms with van der Waals surface area (Å²) in [5.41, 5.74) is 7.58. The zero-order valence-corrected chi connectivity index (χ0v) is 13.1. The van der Waals surface area contributed by atoms with E-state index in [0.29, 0.717) is 0 Å². The maximum absolute atomic E-state index is 12.4. The van der Waals surface area contributed by atoms with E-state index in [1.54, 1.807) is 0 Å². The first-order chi connectivity index (χ1) is 11.1. The van der Waals surface area contributed by atoms with Crippen LogP contribution in [0, 0.1) is 0 Å². The van der Waals surface area contributed by atoms with E-state index in [1.807, 2.05) is 24.3 Å². The predicted molar refractivity (Wildman–Crippen MR) is 90.5 cm³/mol. The molecule has 1 aromatic heterocycles. The summed E-state index contributed by atoms with van der Waals surface area (Å²) in [4.78, 5) is 24.8. The smallest absolute Gasteiger partial charge is 0.276 e. The summed E-state index contributed by atoms with van der Waals surface area (Å²) in [7, 11) is 2.11. The molecule has 0 unspecified atom stereocenters. The van der Waals surface area contributed by atoms with Crippen LogP contribution in [-0.4, -0.2) is 54.0 Å². The molecule has 1 aliphatic rings. The fourth-order valence-electron chi connectivity index (χ4n) is 2.58. The average molecular weight is 312 g/mol. The summed E-state index contributed by atoms with van der Waals surface area (Å²) >= 11 is 0. The first-order valence-corrected chi connectivity index (χ1v) is 7.55. The number of carbonyl (C=O) groups is 1. The Labute approximate surface area is 135 Å². The summed E-state index contributed by atoms with van der Waals surface area (Å²) < 4.78 is 0. The molecule has 1 saturated heterocycles. The van der Waals surface area contributed by atoms with E-state index in [2.05, 4.69) is 32.1 Å². The number of benzene rings is 1. The summed E-state index contributed by atoms with van der Waals surface area (Å²) in [6, 6.07) is 7.79. The standard InChI is InChI=1S/C16H20N6O/c1-21-6-8-22(9-7-21)14-5-3-2-4-12(14)20-16(23)13-10-18-11-15(17)19-13/h2-5,10-11H,6-9H2,1H3,(H2,17,19)(H,20,23). The van der Waals surface area contributed by atoms with Gasteiger partial charge in [-0.05, 0) is 19.2 Å². The van der Waals surface area contributed by atoms with Crippen molar-refractivity contribution in [2.75, 3.05) is 49.2 Å². The highest BCUT2D eigenvalue weighted by Crippen LogP contribution is 2.26. The Morgan fingerprint density at radius 1 is 1.17 bits per heavy atom. The van der Waals surface area contributed by atoms with Gasteiger partial charge in [-0.3, -0.25) is 9.78 Å². The minimum absolute atomic E-state index is 0.207. The van der Waals surface area contributed by atoms with Gasteiger partial charge in [-0.1, -0.05) is 12.1 Å². The van der Waals surface area contributed by atoms with Gasteiger partial charge < -0.3 is 20.9 Å². The third kappa shape index (κ3) is 3.57. The molecule has 0 aliphatic carbocycles. The maximum atomic E-state index is 12.4. The number of hydrogen-bond acceptors (Lipinski definition) is 6. The van der Waals surface area contributed by atoms with E-state index in [0.717, 1.165) is 37.6 Å². The Morgan fingerprint density at radius 3 is 2.65 bits per heavy atom. The number of likely N-dealkylation sites (N-methyl/N-ethyl adjacent to an activating group) is 1. The molecular formula is C16H20N6O. The number of carbonyl (C=O) groups excluding carboxylic acids is 1. The van der Waals surface area contributed by atoms with Crippen LogP contribution < -0.4 is 16.0 Å². The number of nitrogens with two attached hydrogens (primary N) is 1. The lowest BCUT2D eigenvalue weighted by molar-refractivity contribution is 0.102. The second-order valence-corrected chi connectivity index (χ2v) is 5.59. The lowest BCUT2D eigenvalue weighted by Gasteiger charge is -2.35. The molecule has 7 nitrogen and oxygen atoms in total. The van der Waals surface area contributed by atoms with Gasteiger partial charge >= 0.3 is 0 Å². The van der Waals surface area contributed by atoms with E-state index in [9.17, 15) is 4.79 Å². The molecule has 1 fully saturated rings. The molecule has 1 amide bonds. The lowest BCUT2D eigenvalue weighted by atomic mass is 10.2. The Hall–Kier alpha value is -2.67. The molecular weight excluding hydrogens is 292 g/mol. The highest BCUT2D eigenvalue weighted by atomic mass is 16.1. The first kappa shape index (κ1) is 15.2. The largest absolute Gasteiger partial charge is 0.382 e. The zero-order valence-electron chi connectivity index (χ0n) is 13.1. The summed E-state index contributed by atoms with van der Waals surface area (Å²) in [5.74, 6) is -0.0867. The molecule has 0 bridgehead atoms. The van der Waals surface area contributed by atoms with Crippen LogP contribution in [-0.2, 0) is 0 Å². The highest BCUT2D eigenvalue weighted by Gasteiger charge is 2.18. The molecule has 23 heavy (non-hydrogen) atoms. The van der Waals surface area contributed by atoms with Crippen LogP contribution in [0.25, 0.3) is 0 Å². The van der Waals surface area contributed by atoms with Crippen LogP contribution in [0.3, 0.4) is 0 Å². The maximum Gasteiger partial charge on any atom is 0.276 e. The van der Waals surface area contributed by atoms with Crippen molar-refractivity contribution in [3.8, 4) is 0 Å². The number of piperazine rings is 1. The summed E-state index contributed by atoms with van der Waals surface area (Å²) in [6.07, 6.45) is 2.82. The van der Waals surface area contributed by atoms with Gasteiger partial charge in [-0.15, -0.1) is 0 Å². The van der Waals surface area contributed by atoms with Gasteiger partial charge in [-0.25, -0.2) is 4.98 Å². The number of amides is 1. The van der Waals surface area contributed by atoms with Gasteiger partial charge in [0.15, 0.2) is 0 Å². The Morgan fingerprint density at radius 2 is 1.91 bits per heavy atom. The van der Waals surface area contributed by atoms with Crippen LogP contribution in [0.2, 0.25) is 0 Å². The first-order valence-electron chi connectivity index (χ1n) is 7.55. The number of nitrogen functional groups attached to an aromatic ring is 1. The second-order valence-electron chi connectivity index (χ2n) is 5.59. The molecule has 3 N–H and O–H groups in total. The normalized spacial score (nSPS) is 15.4. The van der Waals surface area contributed by atoms with Gasteiger partial charge in [0, 0.05) is 26.2 Å². The Bertz CT molecular complexity index is 696. The van der Waals surface area contributed by atoms with E-state index in [1.165, 1.54) is 12.4 Å². The second kappa shape index (κ2) is 6.62. The van der Waals surface area contributed by atoms with Crippen LogP contribution >= 0.6 is 0 Å². The zero-order chi connectivity index (χ0) is 16.2. The van der Waals surface area contributed by atoms with E-state index < -0.39 is 0 Å². The SMILES string of the molecule is CN1CCN(c2ccccc2NC(=O)c2cncc(N)n2)CC1. The average Bonchev–Trinajstić information content (AvgIpc) is 2.56. The van der Waals surface area contributed by atoms with Crippen LogP contribution in [0.5, 0.6) is 0 Å². The van der Waals surface area contributed by atoms with Crippen LogP contribution in [0.15, 0.2) is 36.7 Å². The quantitative estimate of drug-likeness (QED) is 0.881. The summed E-state index contributed by atoms with van der Waals surface area (Å²) in [6.45, 7) is 3.87. The topological polar surface area (TPSA) is 87.4 Å². The fourth-order valence-corrected chi connectivity index (χ4v) is 2.58. The molecule has 0 radical (unpaired) electrons. The van der Waals surface area contributed by atoms with Crippen LogP contribution in [0.1, 0.15) is 10.5 Å². The number of anilines is 3. The van der Waals surface area contributed by atoms with E-state index in [-0.39, 0.29) is 17.4 Å². The fraction of sp³-hybridized carbons (Fsp3) is 0.312. The highest BCUT2D eigenvalue weighted by molar-refractivity contribution is 6.04. The molecule has 2 heterocycles. The minimum atomic E-state index is -0.314. The molecule has 1 aromatic carbocycles. The molecule has 0 spiro atoms. The van der Waals surface area contributed by atoms with Crippen molar-refractivity contribution in [2.45, 2.75) is 0 Å². The van der Waals surface area contributed by atoms with Crippen molar-refractivity contribution in [1.82, 2.24) is 14.9 Å². The molecule has 0 saturated carbocycles. The number of hydrogen-bond donors (Lipinski definition) is 2. The van der Waals surface area contributed by atoms with Crippen LogP contribution in [0.4, 0.5) is 17.2 Å². The number of nitrogens with one attached hydrogen (secondary N) is 1. The number of para-hydroxylation sites is 2. The van der Waals surface area contributed by atoms with Crippen molar-refractivity contribution < 1.29 is 4.79 Å². The van der Waals surface area contributed by atoms with Gasteiger partial charge in [-0.2, -0.15) is 0 Å². The third-order valence-electron chi connectivity index (χ3n) is 3.88. The lowest BCUT2D eigenvalue weighted by Crippen LogP contribution is -2.44. The molecule has 2 aromatic rings. The number of nitrogens with zero attached hydrogens (tertiary/aromatic N) is 4. The Kier molecular flexibility index (Phi) is 4.38. The van der Waals surface area contributed by atoms with Gasteiger partial charge in [0.2, 0.25) is 0 Å². The van der Waals surface area contributed by atoms with Gasteiger partial charge in [0.25, 0.3) is 5.91 Å². The van der Waals surface area contributed by atoms with Crippen molar-refractivity contribution >= 4 is 23.1 Å². The Balaban J connectivity index is 1.79. The van der Waals surface area contributed by atoms with Crippen molar-refractivity contribution in [2.24, 2.45) is 0 Å². The minimum Gasteiger partial charge on any atom is -0.382 e. The van der Waals surface area contributed by atoms with Gasteiger partial charge in [0.05, 0.1) is 23.8 Å². The van der Waals surface area contributed by atoms with Gasteiger partial charge in [0.1, 0.15) is 11.5 Å². The molecule has 3 rings (SSSR count). The van der Waals surface area contributed by atoms with Crippen molar-refractivity contribution in [1.29, 1.82) is 0 Å². The van der Waals surface area contributed by atoms with Crippen molar-refractivity contribution in [3.05, 3.63) is 42.4 Å². The number of aromatic nitrogens is 2. The summed E-state index contributed by atoms with van der Waals surface area (Å²) in [5, 5.41) is 2.91.